The monoisotopic (exact) mass is 329 g/mol. The topological polar surface area (TPSA) is 37.4 Å². The molecule has 2 aromatic rings. The number of anilines is 1. The van der Waals surface area contributed by atoms with Crippen LogP contribution < -0.4 is 10.1 Å². The van der Waals surface area contributed by atoms with Gasteiger partial charge in [-0.05, 0) is 61.7 Å². The molecule has 128 valence electrons. The summed E-state index contributed by atoms with van der Waals surface area (Å²) in [6.45, 7) is 4.02. The van der Waals surface area contributed by atoms with E-state index in [0.29, 0.717) is 11.7 Å². The van der Waals surface area contributed by atoms with Crippen molar-refractivity contribution < 1.29 is 9.13 Å². The maximum atomic E-state index is 13.1. The van der Waals surface area contributed by atoms with Gasteiger partial charge < -0.3 is 10.1 Å². The normalized spacial score (nSPS) is 16.1. The first-order valence-electron chi connectivity index (χ1n) is 8.44. The standard InChI is InChI=1S/C19H24FN3O/c1-24-17-7-5-16(6-8-17)14-23-11-9-15(10-12-23)13-21-19-4-2-3-18(20)22-19/h2-8,15H,9-14H2,1H3,(H,21,22). The summed E-state index contributed by atoms with van der Waals surface area (Å²) in [6.07, 6.45) is 2.30. The summed E-state index contributed by atoms with van der Waals surface area (Å²) in [6, 6.07) is 13.1. The molecule has 0 unspecified atom stereocenters. The molecule has 0 bridgehead atoms. The first kappa shape index (κ1) is 16.7. The number of piperidine rings is 1. The van der Waals surface area contributed by atoms with Crippen LogP contribution in [0.5, 0.6) is 5.75 Å². The van der Waals surface area contributed by atoms with Crippen LogP contribution in [0, 0.1) is 11.9 Å². The number of halogens is 1. The molecule has 2 heterocycles. The maximum absolute atomic E-state index is 13.1. The third-order valence-electron chi connectivity index (χ3n) is 4.56. The number of methoxy groups -OCH3 is 1. The number of benzene rings is 1. The SMILES string of the molecule is COc1ccc(CN2CCC(CNc3cccc(F)n3)CC2)cc1. The van der Waals surface area contributed by atoms with E-state index in [-0.39, 0.29) is 0 Å². The molecule has 1 aromatic carbocycles. The molecular formula is C19H24FN3O. The maximum Gasteiger partial charge on any atom is 0.214 e. The summed E-state index contributed by atoms with van der Waals surface area (Å²) >= 11 is 0. The van der Waals surface area contributed by atoms with Crippen LogP contribution in [0.2, 0.25) is 0 Å². The van der Waals surface area contributed by atoms with Gasteiger partial charge in [0.25, 0.3) is 0 Å². The molecule has 0 amide bonds. The Kier molecular flexibility index (Phi) is 5.64. The molecule has 1 aliphatic heterocycles. The second kappa shape index (κ2) is 8.11. The summed E-state index contributed by atoms with van der Waals surface area (Å²) in [5.74, 6) is 1.70. The molecule has 3 rings (SSSR count). The molecule has 1 saturated heterocycles. The minimum atomic E-state index is -0.436. The van der Waals surface area contributed by atoms with E-state index >= 15 is 0 Å². The summed E-state index contributed by atoms with van der Waals surface area (Å²) in [4.78, 5) is 6.33. The van der Waals surface area contributed by atoms with E-state index in [1.807, 2.05) is 18.2 Å². The fraction of sp³-hybridized carbons (Fsp3) is 0.421. The van der Waals surface area contributed by atoms with Crippen LogP contribution in [-0.4, -0.2) is 36.6 Å². The van der Waals surface area contributed by atoms with Crippen molar-refractivity contribution in [2.75, 3.05) is 32.1 Å². The highest BCUT2D eigenvalue weighted by Gasteiger charge is 2.19. The lowest BCUT2D eigenvalue weighted by Crippen LogP contribution is -2.35. The minimum absolute atomic E-state index is 0.436. The molecule has 0 aliphatic carbocycles. The number of ether oxygens (including phenoxy) is 1. The molecular weight excluding hydrogens is 305 g/mol. The molecule has 4 nitrogen and oxygen atoms in total. The number of rotatable bonds is 6. The van der Waals surface area contributed by atoms with Crippen LogP contribution in [0.3, 0.4) is 0 Å². The van der Waals surface area contributed by atoms with Gasteiger partial charge in [0.1, 0.15) is 11.6 Å². The van der Waals surface area contributed by atoms with Crippen LogP contribution in [-0.2, 0) is 6.54 Å². The highest BCUT2D eigenvalue weighted by Crippen LogP contribution is 2.20. The Bertz CT molecular complexity index is 639. The number of aromatic nitrogens is 1. The average molecular weight is 329 g/mol. The first-order chi connectivity index (χ1) is 11.7. The molecule has 1 aromatic heterocycles. The van der Waals surface area contributed by atoms with E-state index in [1.165, 1.54) is 11.6 Å². The summed E-state index contributed by atoms with van der Waals surface area (Å²) in [5.41, 5.74) is 1.32. The lowest BCUT2D eigenvalue weighted by Gasteiger charge is -2.32. The molecule has 0 radical (unpaired) electrons. The predicted octanol–water partition coefficient (Wildman–Crippen LogP) is 3.55. The van der Waals surface area contributed by atoms with Crippen molar-refractivity contribution in [1.82, 2.24) is 9.88 Å². The Morgan fingerprint density at radius 2 is 1.92 bits per heavy atom. The van der Waals surface area contributed by atoms with Gasteiger partial charge in [0, 0.05) is 13.1 Å². The largest absolute Gasteiger partial charge is 0.497 e. The van der Waals surface area contributed by atoms with Crippen LogP contribution in [0.25, 0.3) is 0 Å². The van der Waals surface area contributed by atoms with E-state index in [9.17, 15) is 4.39 Å². The predicted molar refractivity (Wildman–Crippen MR) is 93.7 cm³/mol. The van der Waals surface area contributed by atoms with Crippen LogP contribution in [0.1, 0.15) is 18.4 Å². The molecule has 0 atom stereocenters. The van der Waals surface area contributed by atoms with Gasteiger partial charge in [0.15, 0.2) is 0 Å². The molecule has 1 fully saturated rings. The Morgan fingerprint density at radius 3 is 2.58 bits per heavy atom. The van der Waals surface area contributed by atoms with Crippen molar-refractivity contribution in [2.45, 2.75) is 19.4 Å². The van der Waals surface area contributed by atoms with Gasteiger partial charge in [-0.25, -0.2) is 4.98 Å². The Balaban J connectivity index is 1.42. The molecule has 1 N–H and O–H groups in total. The van der Waals surface area contributed by atoms with Gasteiger partial charge in [-0.1, -0.05) is 18.2 Å². The molecule has 5 heteroatoms. The highest BCUT2D eigenvalue weighted by atomic mass is 19.1. The Morgan fingerprint density at radius 1 is 1.17 bits per heavy atom. The first-order valence-corrected chi connectivity index (χ1v) is 8.44. The van der Waals surface area contributed by atoms with E-state index in [2.05, 4.69) is 27.3 Å². The van der Waals surface area contributed by atoms with Gasteiger partial charge in [0.05, 0.1) is 7.11 Å². The summed E-state index contributed by atoms with van der Waals surface area (Å²) in [7, 11) is 1.69. The smallest absolute Gasteiger partial charge is 0.214 e. The number of likely N-dealkylation sites (tertiary alicyclic amines) is 1. The zero-order valence-corrected chi connectivity index (χ0v) is 14.0. The zero-order chi connectivity index (χ0) is 16.8. The van der Waals surface area contributed by atoms with Gasteiger partial charge in [-0.15, -0.1) is 0 Å². The molecule has 1 aliphatic rings. The molecule has 0 saturated carbocycles. The number of hydrogen-bond donors (Lipinski definition) is 1. The third-order valence-corrected chi connectivity index (χ3v) is 4.56. The second-order valence-electron chi connectivity index (χ2n) is 6.29. The van der Waals surface area contributed by atoms with E-state index in [4.69, 9.17) is 4.74 Å². The molecule has 0 spiro atoms. The van der Waals surface area contributed by atoms with Crippen molar-refractivity contribution in [3.63, 3.8) is 0 Å². The van der Waals surface area contributed by atoms with E-state index < -0.39 is 5.95 Å². The number of pyridine rings is 1. The van der Waals surface area contributed by atoms with Gasteiger partial charge in [-0.3, -0.25) is 4.90 Å². The van der Waals surface area contributed by atoms with Crippen molar-refractivity contribution in [3.05, 3.63) is 54.0 Å². The minimum Gasteiger partial charge on any atom is -0.497 e. The lowest BCUT2D eigenvalue weighted by molar-refractivity contribution is 0.182. The Hall–Kier alpha value is -2.14. The van der Waals surface area contributed by atoms with Gasteiger partial charge in [-0.2, -0.15) is 4.39 Å². The Labute approximate surface area is 142 Å². The average Bonchev–Trinajstić information content (AvgIpc) is 2.62. The van der Waals surface area contributed by atoms with Crippen molar-refractivity contribution in [1.29, 1.82) is 0 Å². The highest BCUT2D eigenvalue weighted by molar-refractivity contribution is 5.33. The van der Waals surface area contributed by atoms with Crippen LogP contribution in [0.15, 0.2) is 42.5 Å². The van der Waals surface area contributed by atoms with Crippen molar-refractivity contribution in [3.8, 4) is 5.75 Å². The van der Waals surface area contributed by atoms with E-state index in [1.54, 1.807) is 13.2 Å². The van der Waals surface area contributed by atoms with E-state index in [0.717, 1.165) is 44.8 Å². The fourth-order valence-corrected chi connectivity index (χ4v) is 3.09. The van der Waals surface area contributed by atoms with Crippen molar-refractivity contribution >= 4 is 5.82 Å². The third kappa shape index (κ3) is 4.68. The fourth-order valence-electron chi connectivity index (χ4n) is 3.09. The van der Waals surface area contributed by atoms with Crippen molar-refractivity contribution in [2.24, 2.45) is 5.92 Å². The summed E-state index contributed by atoms with van der Waals surface area (Å²) in [5, 5.41) is 3.25. The van der Waals surface area contributed by atoms with Gasteiger partial charge >= 0.3 is 0 Å². The quantitative estimate of drug-likeness (QED) is 0.823. The van der Waals surface area contributed by atoms with Gasteiger partial charge in [0.2, 0.25) is 5.95 Å². The number of nitrogens with zero attached hydrogens (tertiary/aromatic N) is 2. The molecule has 24 heavy (non-hydrogen) atoms. The zero-order valence-electron chi connectivity index (χ0n) is 14.0. The summed E-state index contributed by atoms with van der Waals surface area (Å²) < 4.78 is 18.3. The lowest BCUT2D eigenvalue weighted by atomic mass is 9.96. The second-order valence-corrected chi connectivity index (χ2v) is 6.29. The number of hydrogen-bond acceptors (Lipinski definition) is 4. The van der Waals surface area contributed by atoms with Crippen LogP contribution in [0.4, 0.5) is 10.2 Å². The number of nitrogens with one attached hydrogen (secondary N) is 1. The van der Waals surface area contributed by atoms with Crippen LogP contribution >= 0.6 is 0 Å².